The van der Waals surface area contributed by atoms with E-state index in [4.69, 9.17) is 11.6 Å². The highest BCUT2D eigenvalue weighted by Gasteiger charge is 2.12. The first-order chi connectivity index (χ1) is 6.38. The lowest BCUT2D eigenvalue weighted by Crippen LogP contribution is -2.43. The van der Waals surface area contributed by atoms with Gasteiger partial charge in [-0.15, -0.1) is 24.8 Å². The van der Waals surface area contributed by atoms with Crippen molar-refractivity contribution < 1.29 is 0 Å². The van der Waals surface area contributed by atoms with E-state index in [2.05, 4.69) is 15.2 Å². The highest BCUT2D eigenvalue weighted by atomic mass is 35.5. The highest BCUT2D eigenvalue weighted by molar-refractivity contribution is 6.33. The van der Waals surface area contributed by atoms with Gasteiger partial charge in [-0.05, 0) is 6.07 Å². The summed E-state index contributed by atoms with van der Waals surface area (Å²) in [4.78, 5) is 6.24. The number of piperazine rings is 1. The van der Waals surface area contributed by atoms with E-state index in [1.807, 2.05) is 6.07 Å². The molecule has 1 aliphatic rings. The third-order valence-corrected chi connectivity index (χ3v) is 2.50. The molecule has 0 unspecified atom stereocenters. The van der Waals surface area contributed by atoms with Crippen molar-refractivity contribution in [1.29, 1.82) is 0 Å². The first-order valence-corrected chi connectivity index (χ1v) is 4.81. The molecule has 1 N–H and O–H groups in total. The molecule has 0 aromatic carbocycles. The quantitative estimate of drug-likeness (QED) is 0.846. The molecule has 1 aromatic heterocycles. The Kier molecular flexibility index (Phi) is 7.02. The minimum absolute atomic E-state index is 0. The van der Waals surface area contributed by atoms with Gasteiger partial charge in [-0.3, -0.25) is 4.98 Å². The van der Waals surface area contributed by atoms with Gasteiger partial charge in [0.2, 0.25) is 0 Å². The van der Waals surface area contributed by atoms with Crippen LogP contribution in [0.2, 0.25) is 5.02 Å². The zero-order valence-corrected chi connectivity index (χ0v) is 10.5. The molecule has 0 saturated carbocycles. The molecular formula is C9H14Cl3N3. The van der Waals surface area contributed by atoms with Gasteiger partial charge in [-0.2, -0.15) is 0 Å². The molecule has 0 atom stereocenters. The minimum atomic E-state index is 0. The van der Waals surface area contributed by atoms with Crippen molar-refractivity contribution in [3.05, 3.63) is 23.5 Å². The number of aromatic nitrogens is 1. The molecule has 3 nitrogen and oxygen atoms in total. The third kappa shape index (κ3) is 3.68. The summed E-state index contributed by atoms with van der Waals surface area (Å²) in [7, 11) is 0. The van der Waals surface area contributed by atoms with Crippen LogP contribution in [-0.2, 0) is 0 Å². The number of pyridine rings is 1. The topological polar surface area (TPSA) is 28.2 Å². The van der Waals surface area contributed by atoms with Crippen molar-refractivity contribution in [3.63, 3.8) is 0 Å². The first-order valence-electron chi connectivity index (χ1n) is 4.43. The number of halogens is 3. The van der Waals surface area contributed by atoms with Gasteiger partial charge in [0, 0.05) is 38.6 Å². The van der Waals surface area contributed by atoms with E-state index in [0.717, 1.165) is 36.9 Å². The Morgan fingerprint density at radius 2 is 1.93 bits per heavy atom. The molecule has 1 fully saturated rings. The predicted molar refractivity (Wildman–Crippen MR) is 68.8 cm³/mol. The maximum absolute atomic E-state index is 6.03. The van der Waals surface area contributed by atoms with Crippen molar-refractivity contribution >= 4 is 42.1 Å². The molecule has 86 valence electrons. The van der Waals surface area contributed by atoms with E-state index in [1.165, 1.54) is 0 Å². The van der Waals surface area contributed by atoms with Crippen LogP contribution in [0.3, 0.4) is 0 Å². The normalized spacial score (nSPS) is 15.1. The van der Waals surface area contributed by atoms with Crippen LogP contribution in [0.15, 0.2) is 18.5 Å². The average Bonchev–Trinajstić information content (AvgIpc) is 2.20. The number of hydrogen-bond donors (Lipinski definition) is 1. The SMILES string of the molecule is Cl.Cl.Clc1cnccc1N1CCNCC1. The molecular weight excluding hydrogens is 256 g/mol. The summed E-state index contributed by atoms with van der Waals surface area (Å²) in [5.74, 6) is 0. The first kappa shape index (κ1) is 14.8. The molecule has 0 amide bonds. The minimum Gasteiger partial charge on any atom is -0.368 e. The summed E-state index contributed by atoms with van der Waals surface area (Å²) in [6.45, 7) is 4.09. The Bertz CT molecular complexity index is 290. The van der Waals surface area contributed by atoms with Crippen LogP contribution in [0.25, 0.3) is 0 Å². The number of anilines is 1. The van der Waals surface area contributed by atoms with E-state index in [-0.39, 0.29) is 24.8 Å². The Balaban J connectivity index is 0.000000980. The van der Waals surface area contributed by atoms with Gasteiger partial charge in [0.25, 0.3) is 0 Å². The van der Waals surface area contributed by atoms with Crippen LogP contribution in [0.5, 0.6) is 0 Å². The van der Waals surface area contributed by atoms with Crippen LogP contribution in [0.1, 0.15) is 0 Å². The van der Waals surface area contributed by atoms with Crippen LogP contribution in [0, 0.1) is 0 Å². The lowest BCUT2D eigenvalue weighted by molar-refractivity contribution is 0.589. The second-order valence-electron chi connectivity index (χ2n) is 3.06. The van der Waals surface area contributed by atoms with Crippen LogP contribution < -0.4 is 10.2 Å². The fraction of sp³-hybridized carbons (Fsp3) is 0.444. The van der Waals surface area contributed by atoms with E-state index < -0.39 is 0 Å². The van der Waals surface area contributed by atoms with Gasteiger partial charge >= 0.3 is 0 Å². The van der Waals surface area contributed by atoms with Gasteiger partial charge < -0.3 is 10.2 Å². The largest absolute Gasteiger partial charge is 0.368 e. The molecule has 1 saturated heterocycles. The van der Waals surface area contributed by atoms with Crippen molar-refractivity contribution in [3.8, 4) is 0 Å². The molecule has 1 aliphatic heterocycles. The number of rotatable bonds is 1. The smallest absolute Gasteiger partial charge is 0.0822 e. The van der Waals surface area contributed by atoms with Gasteiger partial charge in [-0.1, -0.05) is 11.6 Å². The maximum atomic E-state index is 6.03. The van der Waals surface area contributed by atoms with Crippen molar-refractivity contribution in [2.24, 2.45) is 0 Å². The monoisotopic (exact) mass is 269 g/mol. The number of nitrogens with zero attached hydrogens (tertiary/aromatic N) is 2. The summed E-state index contributed by atoms with van der Waals surface area (Å²) in [5.41, 5.74) is 1.10. The molecule has 0 aliphatic carbocycles. The fourth-order valence-electron chi connectivity index (χ4n) is 1.53. The molecule has 15 heavy (non-hydrogen) atoms. The second-order valence-corrected chi connectivity index (χ2v) is 3.47. The van der Waals surface area contributed by atoms with Crippen LogP contribution in [-0.4, -0.2) is 31.2 Å². The molecule has 0 bridgehead atoms. The lowest BCUT2D eigenvalue weighted by atomic mass is 10.3. The summed E-state index contributed by atoms with van der Waals surface area (Å²) in [5, 5.41) is 4.04. The molecule has 1 aromatic rings. The maximum Gasteiger partial charge on any atom is 0.0822 e. The van der Waals surface area contributed by atoms with Gasteiger partial charge in [0.15, 0.2) is 0 Å². The van der Waals surface area contributed by atoms with Gasteiger partial charge in [0.05, 0.1) is 10.7 Å². The Labute approximate surface area is 107 Å². The predicted octanol–water partition coefficient (Wildman–Crippen LogP) is 1.99. The van der Waals surface area contributed by atoms with E-state index in [9.17, 15) is 0 Å². The van der Waals surface area contributed by atoms with Crippen molar-refractivity contribution in [2.45, 2.75) is 0 Å². The fourth-order valence-corrected chi connectivity index (χ4v) is 1.77. The Morgan fingerprint density at radius 3 is 2.53 bits per heavy atom. The Hall–Kier alpha value is -0.220. The lowest BCUT2D eigenvalue weighted by Gasteiger charge is -2.29. The van der Waals surface area contributed by atoms with Crippen molar-refractivity contribution in [2.75, 3.05) is 31.1 Å². The van der Waals surface area contributed by atoms with E-state index in [0.29, 0.717) is 0 Å². The summed E-state index contributed by atoms with van der Waals surface area (Å²) < 4.78 is 0. The molecule has 2 rings (SSSR count). The summed E-state index contributed by atoms with van der Waals surface area (Å²) in [6.07, 6.45) is 3.47. The molecule has 0 radical (unpaired) electrons. The van der Waals surface area contributed by atoms with Gasteiger partial charge in [0.1, 0.15) is 0 Å². The molecule has 0 spiro atoms. The van der Waals surface area contributed by atoms with Crippen LogP contribution >= 0.6 is 36.4 Å². The second kappa shape index (κ2) is 7.12. The summed E-state index contributed by atoms with van der Waals surface area (Å²) >= 11 is 6.03. The summed E-state index contributed by atoms with van der Waals surface area (Å²) in [6, 6.07) is 1.97. The van der Waals surface area contributed by atoms with E-state index in [1.54, 1.807) is 12.4 Å². The number of hydrogen-bond acceptors (Lipinski definition) is 3. The standard InChI is InChI=1S/C9H12ClN3.2ClH/c10-8-7-12-2-1-9(8)13-5-3-11-4-6-13;;/h1-2,7,11H,3-6H2;2*1H. The average molecular weight is 271 g/mol. The number of nitrogens with one attached hydrogen (secondary N) is 1. The van der Waals surface area contributed by atoms with Crippen LogP contribution in [0.4, 0.5) is 5.69 Å². The molecule has 6 heteroatoms. The highest BCUT2D eigenvalue weighted by Crippen LogP contribution is 2.23. The molecule has 2 heterocycles. The zero-order chi connectivity index (χ0) is 9.10. The van der Waals surface area contributed by atoms with E-state index >= 15 is 0 Å². The zero-order valence-electron chi connectivity index (χ0n) is 8.15. The van der Waals surface area contributed by atoms with Crippen molar-refractivity contribution in [1.82, 2.24) is 10.3 Å². The third-order valence-electron chi connectivity index (χ3n) is 2.21. The van der Waals surface area contributed by atoms with Gasteiger partial charge in [-0.25, -0.2) is 0 Å². The Morgan fingerprint density at radius 1 is 1.27 bits per heavy atom.